The number of para-hydroxylation sites is 1. The number of imidazole rings is 1. The number of benzene rings is 1. The van der Waals surface area contributed by atoms with Crippen molar-refractivity contribution in [1.29, 1.82) is 0 Å². The van der Waals surface area contributed by atoms with Crippen molar-refractivity contribution < 1.29 is 4.79 Å². The molecule has 4 nitrogen and oxygen atoms in total. The van der Waals surface area contributed by atoms with Gasteiger partial charge >= 0.3 is 0 Å². The number of aromatic nitrogens is 2. The second-order valence-corrected chi connectivity index (χ2v) is 5.65. The molecule has 1 aliphatic rings. The lowest BCUT2D eigenvalue weighted by molar-refractivity contribution is -0.122. The maximum Gasteiger partial charge on any atom is 0.220 e. The Kier molecular flexibility index (Phi) is 3.66. The van der Waals surface area contributed by atoms with E-state index in [1.165, 1.54) is 11.1 Å². The van der Waals surface area contributed by atoms with Crippen LogP contribution >= 0.6 is 11.6 Å². The predicted octanol–water partition coefficient (Wildman–Crippen LogP) is 2.58. The zero-order valence-corrected chi connectivity index (χ0v) is 12.3. The van der Waals surface area contributed by atoms with Crippen molar-refractivity contribution in [3.8, 4) is 0 Å². The summed E-state index contributed by atoms with van der Waals surface area (Å²) in [5.41, 5.74) is 3.41. The molecule has 1 amide bonds. The van der Waals surface area contributed by atoms with Crippen LogP contribution in [-0.4, -0.2) is 27.9 Å². The van der Waals surface area contributed by atoms with Crippen LogP contribution in [0.25, 0.3) is 11.0 Å². The van der Waals surface area contributed by atoms with E-state index in [1.54, 1.807) is 0 Å². The predicted molar refractivity (Wildman–Crippen MR) is 80.2 cm³/mol. The molecule has 1 aromatic heterocycles. The van der Waals surface area contributed by atoms with E-state index in [4.69, 9.17) is 16.6 Å². The highest BCUT2D eigenvalue weighted by atomic mass is 35.5. The van der Waals surface area contributed by atoms with Gasteiger partial charge in [0.2, 0.25) is 5.91 Å². The number of nitrogens with one attached hydrogen (secondary N) is 1. The Morgan fingerprint density at radius 3 is 3.05 bits per heavy atom. The fraction of sp³-hybridized carbons (Fsp3) is 0.467. The number of rotatable bonds is 3. The molecule has 1 atom stereocenters. The number of piperidine rings is 1. The van der Waals surface area contributed by atoms with E-state index in [0.29, 0.717) is 18.8 Å². The molecule has 2 heterocycles. The van der Waals surface area contributed by atoms with Gasteiger partial charge in [-0.3, -0.25) is 4.79 Å². The van der Waals surface area contributed by atoms with Crippen LogP contribution in [0.1, 0.15) is 30.3 Å². The van der Waals surface area contributed by atoms with Gasteiger partial charge in [-0.1, -0.05) is 12.1 Å². The van der Waals surface area contributed by atoms with E-state index < -0.39 is 0 Å². The van der Waals surface area contributed by atoms with Crippen molar-refractivity contribution in [1.82, 2.24) is 14.9 Å². The van der Waals surface area contributed by atoms with E-state index in [2.05, 4.69) is 22.9 Å². The Morgan fingerprint density at radius 2 is 2.35 bits per heavy atom. The molecule has 3 rings (SSSR count). The number of alkyl halides is 1. The van der Waals surface area contributed by atoms with Crippen molar-refractivity contribution >= 4 is 28.5 Å². The van der Waals surface area contributed by atoms with Gasteiger partial charge in [0, 0.05) is 25.3 Å². The minimum absolute atomic E-state index is 0.140. The highest BCUT2D eigenvalue weighted by Gasteiger charge is 2.24. The van der Waals surface area contributed by atoms with Crippen molar-refractivity contribution in [2.24, 2.45) is 0 Å². The summed E-state index contributed by atoms with van der Waals surface area (Å²) in [6, 6.07) is 6.45. The molecule has 5 heteroatoms. The van der Waals surface area contributed by atoms with Gasteiger partial charge < -0.3 is 9.88 Å². The number of nitrogens with zero attached hydrogens (tertiary/aromatic N) is 2. The lowest BCUT2D eigenvalue weighted by atomic mass is 10.1. The molecular formula is C15H18ClN3O. The van der Waals surface area contributed by atoms with Crippen LogP contribution < -0.4 is 5.32 Å². The normalized spacial score (nSPS) is 19.3. The lowest BCUT2D eigenvalue weighted by Gasteiger charge is -2.26. The summed E-state index contributed by atoms with van der Waals surface area (Å²) >= 11 is 5.91. The van der Waals surface area contributed by atoms with Gasteiger partial charge in [0.25, 0.3) is 0 Å². The fourth-order valence-corrected chi connectivity index (χ4v) is 3.13. The number of amides is 1. The standard InChI is InChI=1S/C15H18ClN3O/c1-10-3-2-4-12-15(10)19(13(18-12)7-8-16)11-5-6-14(20)17-9-11/h2-4,11H,5-9H2,1H3,(H,17,20). The smallest absolute Gasteiger partial charge is 0.220 e. The van der Waals surface area contributed by atoms with E-state index >= 15 is 0 Å². The third-order valence-electron chi connectivity index (χ3n) is 3.91. The van der Waals surface area contributed by atoms with Crippen molar-refractivity contribution in [3.63, 3.8) is 0 Å². The largest absolute Gasteiger partial charge is 0.354 e. The first-order chi connectivity index (χ1) is 9.70. The summed E-state index contributed by atoms with van der Waals surface area (Å²) in [6.07, 6.45) is 2.19. The van der Waals surface area contributed by atoms with Crippen LogP contribution in [0.2, 0.25) is 0 Å². The first-order valence-corrected chi connectivity index (χ1v) is 7.53. The number of hydrogen-bond donors (Lipinski definition) is 1. The van der Waals surface area contributed by atoms with Crippen LogP contribution in [0, 0.1) is 6.92 Å². The number of fused-ring (bicyclic) bond motifs is 1. The monoisotopic (exact) mass is 291 g/mol. The average Bonchev–Trinajstić information content (AvgIpc) is 2.80. The number of carbonyl (C=O) groups excluding carboxylic acids is 1. The third-order valence-corrected chi connectivity index (χ3v) is 4.10. The fourth-order valence-electron chi connectivity index (χ4n) is 2.96. The maximum atomic E-state index is 11.4. The Balaban J connectivity index is 2.10. The highest BCUT2D eigenvalue weighted by molar-refractivity contribution is 6.17. The van der Waals surface area contributed by atoms with Crippen LogP contribution in [0.3, 0.4) is 0 Å². The summed E-state index contributed by atoms with van der Waals surface area (Å²) in [5.74, 6) is 1.72. The Hall–Kier alpha value is -1.55. The minimum atomic E-state index is 0.140. The molecular weight excluding hydrogens is 274 g/mol. The molecule has 2 aromatic rings. The van der Waals surface area contributed by atoms with Gasteiger partial charge in [-0.2, -0.15) is 0 Å². The molecule has 0 spiro atoms. The Morgan fingerprint density at radius 1 is 1.50 bits per heavy atom. The number of hydrogen-bond acceptors (Lipinski definition) is 2. The van der Waals surface area contributed by atoms with Gasteiger partial charge in [0.1, 0.15) is 5.82 Å². The number of carbonyl (C=O) groups is 1. The SMILES string of the molecule is Cc1cccc2nc(CCCl)n(C3CCC(=O)NC3)c12. The van der Waals surface area contributed by atoms with Crippen LogP contribution in [0.5, 0.6) is 0 Å². The van der Waals surface area contributed by atoms with Gasteiger partial charge in [-0.05, 0) is 25.0 Å². The lowest BCUT2D eigenvalue weighted by Crippen LogP contribution is -2.36. The molecule has 20 heavy (non-hydrogen) atoms. The quantitative estimate of drug-likeness (QED) is 0.884. The second-order valence-electron chi connectivity index (χ2n) is 5.28. The van der Waals surface area contributed by atoms with E-state index in [9.17, 15) is 4.79 Å². The molecule has 0 radical (unpaired) electrons. The minimum Gasteiger partial charge on any atom is -0.354 e. The van der Waals surface area contributed by atoms with Crippen LogP contribution in [-0.2, 0) is 11.2 Å². The van der Waals surface area contributed by atoms with Gasteiger partial charge in [0.15, 0.2) is 0 Å². The summed E-state index contributed by atoms with van der Waals surface area (Å²) in [5, 5.41) is 2.95. The third kappa shape index (κ3) is 2.29. The molecule has 0 aliphatic carbocycles. The second kappa shape index (κ2) is 5.44. The van der Waals surface area contributed by atoms with Gasteiger partial charge in [-0.25, -0.2) is 4.98 Å². The maximum absolute atomic E-state index is 11.4. The molecule has 0 bridgehead atoms. The van der Waals surface area contributed by atoms with Gasteiger partial charge in [-0.15, -0.1) is 11.6 Å². The first-order valence-electron chi connectivity index (χ1n) is 7.00. The number of aryl methyl sites for hydroxylation is 2. The summed E-state index contributed by atoms with van der Waals surface area (Å²) in [7, 11) is 0. The van der Waals surface area contributed by atoms with Gasteiger partial charge in [0.05, 0.1) is 17.1 Å². The summed E-state index contributed by atoms with van der Waals surface area (Å²) in [6.45, 7) is 2.78. The Labute approximate surface area is 123 Å². The van der Waals surface area contributed by atoms with E-state index in [0.717, 1.165) is 24.2 Å². The zero-order chi connectivity index (χ0) is 14.1. The summed E-state index contributed by atoms with van der Waals surface area (Å²) < 4.78 is 2.28. The molecule has 1 aromatic carbocycles. The van der Waals surface area contributed by atoms with Crippen molar-refractivity contribution in [2.75, 3.05) is 12.4 Å². The zero-order valence-electron chi connectivity index (χ0n) is 11.5. The first kappa shape index (κ1) is 13.4. The number of halogens is 1. The van der Waals surface area contributed by atoms with Crippen molar-refractivity contribution in [2.45, 2.75) is 32.2 Å². The van der Waals surface area contributed by atoms with Crippen LogP contribution in [0.15, 0.2) is 18.2 Å². The molecule has 1 N–H and O–H groups in total. The van der Waals surface area contributed by atoms with E-state index in [-0.39, 0.29) is 11.9 Å². The van der Waals surface area contributed by atoms with E-state index in [1.807, 2.05) is 12.1 Å². The van der Waals surface area contributed by atoms with Crippen LogP contribution in [0.4, 0.5) is 0 Å². The molecule has 1 saturated heterocycles. The Bertz CT molecular complexity index is 640. The molecule has 0 saturated carbocycles. The summed E-state index contributed by atoms with van der Waals surface area (Å²) in [4.78, 5) is 16.1. The highest BCUT2D eigenvalue weighted by Crippen LogP contribution is 2.28. The molecule has 1 fully saturated rings. The van der Waals surface area contributed by atoms with Crippen molar-refractivity contribution in [3.05, 3.63) is 29.6 Å². The molecule has 106 valence electrons. The molecule has 1 unspecified atom stereocenters. The topological polar surface area (TPSA) is 46.9 Å². The molecule has 1 aliphatic heterocycles. The average molecular weight is 292 g/mol.